The smallest absolute Gasteiger partial charge is 0.317 e. The van der Waals surface area contributed by atoms with E-state index in [0.29, 0.717) is 12.8 Å². The van der Waals surface area contributed by atoms with E-state index in [9.17, 15) is 14.7 Å². The second-order valence-corrected chi connectivity index (χ2v) is 5.64. The second-order valence-electron chi connectivity index (χ2n) is 5.64. The third-order valence-corrected chi connectivity index (χ3v) is 4.41. The topological polar surface area (TPSA) is 69.6 Å². The first kappa shape index (κ1) is 13.2. The molecule has 0 radical (unpaired) electrons. The molecule has 0 bridgehead atoms. The van der Waals surface area contributed by atoms with Gasteiger partial charge in [-0.25, -0.2) is 4.79 Å². The number of carbonyl (C=O) groups is 2. The molecule has 18 heavy (non-hydrogen) atoms. The van der Waals surface area contributed by atoms with Crippen molar-refractivity contribution in [1.82, 2.24) is 10.2 Å². The molecule has 0 aromatic rings. The fourth-order valence-corrected chi connectivity index (χ4v) is 2.82. The van der Waals surface area contributed by atoms with Gasteiger partial charge in [0.05, 0.1) is 5.41 Å². The van der Waals surface area contributed by atoms with Gasteiger partial charge >= 0.3 is 12.0 Å². The molecule has 0 aromatic heterocycles. The van der Waals surface area contributed by atoms with E-state index >= 15 is 0 Å². The Kier molecular flexibility index (Phi) is 3.78. The molecule has 2 amide bonds. The van der Waals surface area contributed by atoms with Crippen LogP contribution in [0.1, 0.15) is 45.4 Å². The minimum atomic E-state index is -0.777. The zero-order chi connectivity index (χ0) is 13.2. The first-order valence-electron chi connectivity index (χ1n) is 6.83. The van der Waals surface area contributed by atoms with Crippen LogP contribution < -0.4 is 5.32 Å². The predicted molar refractivity (Wildman–Crippen MR) is 67.3 cm³/mol. The van der Waals surface area contributed by atoms with Crippen molar-refractivity contribution in [3.05, 3.63) is 0 Å². The number of hydrogen-bond donors (Lipinski definition) is 2. The van der Waals surface area contributed by atoms with Gasteiger partial charge in [-0.2, -0.15) is 0 Å². The number of carboxylic acids is 1. The highest BCUT2D eigenvalue weighted by molar-refractivity contribution is 5.79. The largest absolute Gasteiger partial charge is 0.481 e. The summed E-state index contributed by atoms with van der Waals surface area (Å²) in [6, 6.07) is 0.163. The van der Waals surface area contributed by atoms with Gasteiger partial charge in [0, 0.05) is 19.1 Å². The maximum atomic E-state index is 12.0. The minimum Gasteiger partial charge on any atom is -0.481 e. The Morgan fingerprint density at radius 1 is 1.33 bits per heavy atom. The van der Waals surface area contributed by atoms with Gasteiger partial charge in [-0.05, 0) is 39.0 Å². The highest BCUT2D eigenvalue weighted by Gasteiger charge is 2.44. The first-order chi connectivity index (χ1) is 8.55. The lowest BCUT2D eigenvalue weighted by Gasteiger charge is -2.39. The number of amides is 2. The number of rotatable bonds is 3. The van der Waals surface area contributed by atoms with Crippen LogP contribution in [-0.4, -0.2) is 41.1 Å². The van der Waals surface area contributed by atoms with Crippen molar-refractivity contribution < 1.29 is 14.7 Å². The minimum absolute atomic E-state index is 0.102. The lowest BCUT2D eigenvalue weighted by molar-refractivity contribution is -0.153. The van der Waals surface area contributed by atoms with Gasteiger partial charge < -0.3 is 15.3 Å². The van der Waals surface area contributed by atoms with Crippen molar-refractivity contribution in [3.8, 4) is 0 Å². The van der Waals surface area contributed by atoms with Crippen LogP contribution in [0.5, 0.6) is 0 Å². The fourth-order valence-electron chi connectivity index (χ4n) is 2.82. The average Bonchev–Trinajstić information content (AvgIpc) is 2.27. The molecule has 0 spiro atoms. The van der Waals surface area contributed by atoms with Crippen LogP contribution in [0.15, 0.2) is 0 Å². The Hall–Kier alpha value is -1.26. The first-order valence-corrected chi connectivity index (χ1v) is 6.83. The van der Waals surface area contributed by atoms with Crippen LogP contribution in [0, 0.1) is 5.41 Å². The van der Waals surface area contributed by atoms with Crippen LogP contribution in [0.3, 0.4) is 0 Å². The third-order valence-electron chi connectivity index (χ3n) is 4.41. The third kappa shape index (κ3) is 2.44. The molecule has 1 saturated heterocycles. The Morgan fingerprint density at radius 3 is 2.56 bits per heavy atom. The Bertz CT molecular complexity index is 339. The van der Waals surface area contributed by atoms with Gasteiger partial charge in [0.2, 0.25) is 0 Å². The standard InChI is InChI=1S/C13H22N2O3/c1-10-5-2-3-8-15(10)12(18)14-9-13(11(16)17)6-4-7-13/h10H,2-9H2,1H3,(H,14,18)(H,16,17). The lowest BCUT2D eigenvalue weighted by atomic mass is 9.69. The summed E-state index contributed by atoms with van der Waals surface area (Å²) in [5.74, 6) is -0.777. The number of carbonyl (C=O) groups excluding carboxylic acids is 1. The van der Waals surface area contributed by atoms with Gasteiger partial charge in [0.1, 0.15) is 0 Å². The molecule has 1 aliphatic heterocycles. The summed E-state index contributed by atoms with van der Waals surface area (Å²) in [6.07, 6.45) is 5.56. The molecule has 2 rings (SSSR count). The van der Waals surface area contributed by atoms with Gasteiger partial charge in [-0.15, -0.1) is 0 Å². The maximum absolute atomic E-state index is 12.0. The summed E-state index contributed by atoms with van der Waals surface area (Å²) in [5, 5.41) is 12.0. The van der Waals surface area contributed by atoms with Crippen LogP contribution in [0.2, 0.25) is 0 Å². The summed E-state index contributed by atoms with van der Waals surface area (Å²) in [7, 11) is 0. The molecule has 2 fully saturated rings. The molecular formula is C13H22N2O3. The van der Waals surface area contributed by atoms with Crippen molar-refractivity contribution in [1.29, 1.82) is 0 Å². The number of aliphatic carboxylic acids is 1. The van der Waals surface area contributed by atoms with Crippen molar-refractivity contribution in [2.24, 2.45) is 5.41 Å². The van der Waals surface area contributed by atoms with E-state index in [1.54, 1.807) is 0 Å². The summed E-state index contributed by atoms with van der Waals surface area (Å²) in [6.45, 7) is 3.10. The molecule has 5 heteroatoms. The van der Waals surface area contributed by atoms with Crippen LogP contribution in [0.4, 0.5) is 4.79 Å². The molecule has 102 valence electrons. The number of hydrogen-bond acceptors (Lipinski definition) is 2. The van der Waals surface area contributed by atoms with Gasteiger partial charge in [0.15, 0.2) is 0 Å². The molecule has 1 aliphatic carbocycles. The summed E-state index contributed by atoms with van der Waals surface area (Å²) < 4.78 is 0. The van der Waals surface area contributed by atoms with E-state index in [0.717, 1.165) is 25.8 Å². The highest BCUT2D eigenvalue weighted by Crippen LogP contribution is 2.40. The number of likely N-dealkylation sites (tertiary alicyclic amines) is 1. The quantitative estimate of drug-likeness (QED) is 0.807. The molecule has 0 aromatic carbocycles. The van der Waals surface area contributed by atoms with E-state index in [2.05, 4.69) is 12.2 Å². The van der Waals surface area contributed by atoms with E-state index < -0.39 is 11.4 Å². The number of piperidine rings is 1. The fraction of sp³-hybridized carbons (Fsp3) is 0.846. The molecule has 1 saturated carbocycles. The lowest BCUT2D eigenvalue weighted by Crippen LogP contribution is -2.53. The van der Waals surface area contributed by atoms with Gasteiger partial charge in [0.25, 0.3) is 0 Å². The molecule has 1 heterocycles. The van der Waals surface area contributed by atoms with Crippen molar-refractivity contribution >= 4 is 12.0 Å². The Labute approximate surface area is 108 Å². The van der Waals surface area contributed by atoms with Crippen molar-refractivity contribution in [2.45, 2.75) is 51.5 Å². The average molecular weight is 254 g/mol. The van der Waals surface area contributed by atoms with Crippen LogP contribution >= 0.6 is 0 Å². The number of carboxylic acid groups (broad SMARTS) is 1. The SMILES string of the molecule is CC1CCCCN1C(=O)NCC1(C(=O)O)CCC1. The summed E-state index contributed by atoms with van der Waals surface area (Å²) in [5.41, 5.74) is -0.700. The molecule has 5 nitrogen and oxygen atoms in total. The molecular weight excluding hydrogens is 232 g/mol. The van der Waals surface area contributed by atoms with Crippen molar-refractivity contribution in [2.75, 3.05) is 13.1 Å². The van der Waals surface area contributed by atoms with Crippen LogP contribution in [-0.2, 0) is 4.79 Å². The molecule has 1 unspecified atom stereocenters. The van der Waals surface area contributed by atoms with Crippen molar-refractivity contribution in [3.63, 3.8) is 0 Å². The normalized spacial score (nSPS) is 26.3. The zero-order valence-corrected chi connectivity index (χ0v) is 10.9. The summed E-state index contributed by atoms with van der Waals surface area (Å²) in [4.78, 5) is 25.1. The Morgan fingerprint density at radius 2 is 2.06 bits per heavy atom. The number of nitrogens with one attached hydrogen (secondary N) is 1. The van der Waals surface area contributed by atoms with E-state index in [4.69, 9.17) is 0 Å². The second kappa shape index (κ2) is 5.16. The molecule has 2 N–H and O–H groups in total. The zero-order valence-electron chi connectivity index (χ0n) is 10.9. The monoisotopic (exact) mass is 254 g/mol. The number of urea groups is 1. The van der Waals surface area contributed by atoms with Gasteiger partial charge in [-0.1, -0.05) is 6.42 Å². The van der Waals surface area contributed by atoms with E-state index in [1.807, 2.05) is 4.90 Å². The van der Waals surface area contributed by atoms with Crippen LogP contribution in [0.25, 0.3) is 0 Å². The van der Waals surface area contributed by atoms with E-state index in [1.165, 1.54) is 6.42 Å². The maximum Gasteiger partial charge on any atom is 0.317 e. The van der Waals surface area contributed by atoms with E-state index in [-0.39, 0.29) is 18.6 Å². The number of nitrogens with zero attached hydrogens (tertiary/aromatic N) is 1. The Balaban J connectivity index is 1.86. The molecule has 2 aliphatic rings. The summed E-state index contributed by atoms with van der Waals surface area (Å²) >= 11 is 0. The predicted octanol–water partition coefficient (Wildman–Crippen LogP) is 1.83. The molecule has 1 atom stereocenters. The van der Waals surface area contributed by atoms with Gasteiger partial charge in [-0.3, -0.25) is 4.79 Å². The highest BCUT2D eigenvalue weighted by atomic mass is 16.4.